The van der Waals surface area contributed by atoms with Gasteiger partial charge in [-0.3, -0.25) is 9.59 Å². The number of anilines is 1. The first kappa shape index (κ1) is 21.0. The van der Waals surface area contributed by atoms with Gasteiger partial charge in [-0.1, -0.05) is 12.1 Å². The highest BCUT2D eigenvalue weighted by atomic mass is 32.2. The Morgan fingerprint density at radius 3 is 2.52 bits per heavy atom. The van der Waals surface area contributed by atoms with Gasteiger partial charge in [0.25, 0.3) is 5.91 Å². The van der Waals surface area contributed by atoms with Crippen LogP contribution in [0.1, 0.15) is 10.4 Å². The second-order valence-electron chi connectivity index (χ2n) is 6.31. The Hall–Kier alpha value is -2.71. The summed E-state index contributed by atoms with van der Waals surface area (Å²) < 4.78 is 15.8. The van der Waals surface area contributed by atoms with Gasteiger partial charge in [0, 0.05) is 29.7 Å². The quantitative estimate of drug-likeness (QED) is 0.700. The van der Waals surface area contributed by atoms with E-state index in [1.54, 1.807) is 43.4 Å². The zero-order valence-corrected chi connectivity index (χ0v) is 17.3. The predicted octanol–water partition coefficient (Wildman–Crippen LogP) is 2.91. The first-order valence-electron chi connectivity index (χ1n) is 9.23. The summed E-state index contributed by atoms with van der Waals surface area (Å²) in [6.07, 6.45) is 0. The molecule has 0 atom stereocenters. The van der Waals surface area contributed by atoms with E-state index in [1.807, 2.05) is 18.2 Å². The monoisotopic (exact) mass is 416 g/mol. The van der Waals surface area contributed by atoms with E-state index in [0.29, 0.717) is 49.1 Å². The molecule has 1 heterocycles. The molecule has 0 aliphatic carbocycles. The average Bonchev–Trinajstić information content (AvgIpc) is 2.78. The molecule has 1 aliphatic rings. The summed E-state index contributed by atoms with van der Waals surface area (Å²) in [4.78, 5) is 27.8. The number of morpholine rings is 1. The first-order valence-corrected chi connectivity index (χ1v) is 10.2. The molecule has 1 saturated heterocycles. The predicted molar refractivity (Wildman–Crippen MR) is 112 cm³/mol. The Bertz CT molecular complexity index is 868. The van der Waals surface area contributed by atoms with Crippen molar-refractivity contribution in [2.45, 2.75) is 4.90 Å². The molecule has 0 radical (unpaired) electrons. The lowest BCUT2D eigenvalue weighted by molar-refractivity contribution is -0.113. The molecule has 2 aromatic carbocycles. The Morgan fingerprint density at radius 1 is 1.07 bits per heavy atom. The molecule has 0 aromatic heterocycles. The molecular formula is C21H24N2O5S. The van der Waals surface area contributed by atoms with Crippen molar-refractivity contribution >= 4 is 29.3 Å². The lowest BCUT2D eigenvalue weighted by atomic mass is 10.2. The van der Waals surface area contributed by atoms with Crippen molar-refractivity contribution < 1.29 is 23.8 Å². The summed E-state index contributed by atoms with van der Waals surface area (Å²) in [7, 11) is 3.10. The number of carbonyl (C=O) groups excluding carboxylic acids is 2. The molecule has 0 bridgehead atoms. The maximum Gasteiger partial charge on any atom is 0.255 e. The summed E-state index contributed by atoms with van der Waals surface area (Å²) in [5.74, 6) is 1.12. The highest BCUT2D eigenvalue weighted by Gasteiger charge is 2.21. The summed E-state index contributed by atoms with van der Waals surface area (Å²) in [5.41, 5.74) is 1.23. The third-order valence-electron chi connectivity index (χ3n) is 4.44. The van der Waals surface area contributed by atoms with Crippen LogP contribution in [-0.4, -0.2) is 63.0 Å². The van der Waals surface area contributed by atoms with Gasteiger partial charge in [-0.15, -0.1) is 11.8 Å². The number of carbonyl (C=O) groups is 2. The van der Waals surface area contributed by atoms with Gasteiger partial charge >= 0.3 is 0 Å². The highest BCUT2D eigenvalue weighted by Crippen LogP contribution is 2.30. The van der Waals surface area contributed by atoms with E-state index in [1.165, 1.54) is 11.8 Å². The number of hydrogen-bond donors (Lipinski definition) is 1. The van der Waals surface area contributed by atoms with Crippen LogP contribution >= 0.6 is 11.8 Å². The summed E-state index contributed by atoms with van der Waals surface area (Å²) in [5, 5.41) is 2.84. The summed E-state index contributed by atoms with van der Waals surface area (Å²) in [6, 6.07) is 12.6. The van der Waals surface area contributed by atoms with Gasteiger partial charge in [0.2, 0.25) is 5.91 Å². The Labute approximate surface area is 174 Å². The highest BCUT2D eigenvalue weighted by molar-refractivity contribution is 8.00. The minimum Gasteiger partial charge on any atom is -0.493 e. The second-order valence-corrected chi connectivity index (χ2v) is 7.32. The van der Waals surface area contributed by atoms with E-state index < -0.39 is 0 Å². The van der Waals surface area contributed by atoms with Crippen molar-refractivity contribution in [2.75, 3.05) is 51.6 Å². The Balaban J connectivity index is 1.62. The van der Waals surface area contributed by atoms with Gasteiger partial charge < -0.3 is 24.4 Å². The molecule has 0 saturated carbocycles. The number of nitrogens with zero attached hydrogens (tertiary/aromatic N) is 1. The number of ether oxygens (including phenoxy) is 3. The van der Waals surface area contributed by atoms with Gasteiger partial charge in [0.1, 0.15) is 0 Å². The largest absolute Gasteiger partial charge is 0.493 e. The normalized spacial score (nSPS) is 13.7. The van der Waals surface area contributed by atoms with Crippen LogP contribution in [0.4, 0.5) is 5.69 Å². The molecule has 8 heteroatoms. The van der Waals surface area contributed by atoms with E-state index in [2.05, 4.69) is 5.32 Å². The molecule has 0 unspecified atom stereocenters. The number of hydrogen-bond acceptors (Lipinski definition) is 6. The van der Waals surface area contributed by atoms with Crippen molar-refractivity contribution in [2.24, 2.45) is 0 Å². The van der Waals surface area contributed by atoms with Crippen molar-refractivity contribution in [3.63, 3.8) is 0 Å². The molecule has 1 fully saturated rings. The van der Waals surface area contributed by atoms with Crippen molar-refractivity contribution in [3.8, 4) is 11.5 Å². The van der Waals surface area contributed by atoms with Crippen LogP contribution in [0.2, 0.25) is 0 Å². The van der Waals surface area contributed by atoms with Crippen molar-refractivity contribution in [3.05, 3.63) is 48.0 Å². The molecule has 1 N–H and O–H groups in total. The van der Waals surface area contributed by atoms with Crippen LogP contribution in [-0.2, 0) is 9.53 Å². The molecular weight excluding hydrogens is 392 g/mol. The number of benzene rings is 2. The van der Waals surface area contributed by atoms with E-state index in [-0.39, 0.29) is 17.6 Å². The van der Waals surface area contributed by atoms with E-state index in [9.17, 15) is 9.59 Å². The van der Waals surface area contributed by atoms with Gasteiger partial charge in [0.05, 0.1) is 38.7 Å². The molecule has 2 amide bonds. The van der Waals surface area contributed by atoms with Crippen LogP contribution < -0.4 is 14.8 Å². The molecule has 29 heavy (non-hydrogen) atoms. The molecule has 0 spiro atoms. The van der Waals surface area contributed by atoms with Crippen molar-refractivity contribution in [1.29, 1.82) is 0 Å². The molecule has 154 valence electrons. The van der Waals surface area contributed by atoms with E-state index >= 15 is 0 Å². The standard InChI is InChI=1S/C21H24N2O5S/c1-26-17-8-7-15(13-18(17)27-2)22-20(24)14-29-19-6-4-3-5-16(19)21(25)23-9-11-28-12-10-23/h3-8,13H,9-12,14H2,1-2H3,(H,22,24). The summed E-state index contributed by atoms with van der Waals surface area (Å²) in [6.45, 7) is 2.26. The summed E-state index contributed by atoms with van der Waals surface area (Å²) >= 11 is 1.34. The number of methoxy groups -OCH3 is 2. The lowest BCUT2D eigenvalue weighted by Gasteiger charge is -2.27. The number of rotatable bonds is 7. The van der Waals surface area contributed by atoms with Crippen LogP contribution in [0, 0.1) is 0 Å². The van der Waals surface area contributed by atoms with E-state index in [4.69, 9.17) is 14.2 Å². The smallest absolute Gasteiger partial charge is 0.255 e. The second kappa shape index (κ2) is 10.2. The fraction of sp³-hybridized carbons (Fsp3) is 0.333. The molecule has 7 nitrogen and oxygen atoms in total. The van der Waals surface area contributed by atoms with Crippen LogP contribution in [0.3, 0.4) is 0 Å². The SMILES string of the molecule is COc1ccc(NC(=O)CSc2ccccc2C(=O)N2CCOCC2)cc1OC. The minimum atomic E-state index is -0.171. The maximum atomic E-state index is 12.8. The Morgan fingerprint density at radius 2 is 1.79 bits per heavy atom. The first-order chi connectivity index (χ1) is 14.1. The van der Waals surface area contributed by atoms with Gasteiger partial charge in [0.15, 0.2) is 11.5 Å². The Kier molecular flexibility index (Phi) is 7.37. The molecule has 3 rings (SSSR count). The van der Waals surface area contributed by atoms with Crippen LogP contribution in [0.5, 0.6) is 11.5 Å². The fourth-order valence-electron chi connectivity index (χ4n) is 2.96. The van der Waals surface area contributed by atoms with Gasteiger partial charge in [-0.05, 0) is 24.3 Å². The average molecular weight is 416 g/mol. The molecule has 1 aliphatic heterocycles. The zero-order valence-electron chi connectivity index (χ0n) is 16.5. The van der Waals surface area contributed by atoms with Crippen LogP contribution in [0.15, 0.2) is 47.4 Å². The van der Waals surface area contributed by atoms with E-state index in [0.717, 1.165) is 4.90 Å². The maximum absolute atomic E-state index is 12.8. The number of nitrogens with one attached hydrogen (secondary N) is 1. The third-order valence-corrected chi connectivity index (χ3v) is 5.52. The van der Waals surface area contributed by atoms with Crippen molar-refractivity contribution in [1.82, 2.24) is 4.90 Å². The number of thioether (sulfide) groups is 1. The van der Waals surface area contributed by atoms with Gasteiger partial charge in [-0.25, -0.2) is 0 Å². The topological polar surface area (TPSA) is 77.1 Å². The fourth-order valence-corrected chi connectivity index (χ4v) is 3.80. The zero-order chi connectivity index (χ0) is 20.6. The minimum absolute atomic E-state index is 0.0308. The number of amides is 2. The van der Waals surface area contributed by atoms with Gasteiger partial charge in [-0.2, -0.15) is 0 Å². The lowest BCUT2D eigenvalue weighted by Crippen LogP contribution is -2.40. The molecule has 2 aromatic rings. The third kappa shape index (κ3) is 5.42. The van der Waals surface area contributed by atoms with Crippen LogP contribution in [0.25, 0.3) is 0 Å².